The van der Waals surface area contributed by atoms with E-state index in [9.17, 15) is 27.5 Å². The van der Waals surface area contributed by atoms with E-state index in [1.165, 1.54) is 24.4 Å². The van der Waals surface area contributed by atoms with E-state index in [-0.39, 0.29) is 50.2 Å². The molecule has 0 bridgehead atoms. The van der Waals surface area contributed by atoms with Crippen molar-refractivity contribution in [2.75, 3.05) is 0 Å². The van der Waals surface area contributed by atoms with Crippen molar-refractivity contribution in [3.05, 3.63) is 99.4 Å². The molecule has 5 aromatic rings. The van der Waals surface area contributed by atoms with Crippen molar-refractivity contribution >= 4 is 32.8 Å². The number of carbonyl (C=O) groups is 1. The number of halogens is 5. The van der Waals surface area contributed by atoms with Gasteiger partial charge in [0, 0.05) is 24.1 Å². The summed E-state index contributed by atoms with van der Waals surface area (Å²) >= 11 is 3.08. The fraction of sp³-hybridized carbons (Fsp3) is 0.0400. The Morgan fingerprint density at radius 3 is 2.61 bits per heavy atom. The normalized spacial score (nSPS) is 11.2. The third-order valence-electron chi connectivity index (χ3n) is 5.50. The van der Waals surface area contributed by atoms with Gasteiger partial charge in [-0.05, 0) is 51.8 Å². The number of fused-ring (bicyclic) bond motifs is 1. The number of aromatic carboxylic acids is 1. The molecule has 0 amide bonds. The number of imidazole rings is 1. The Morgan fingerprint density at radius 2 is 1.83 bits per heavy atom. The Labute approximate surface area is 208 Å². The van der Waals surface area contributed by atoms with Crippen LogP contribution in [0.3, 0.4) is 0 Å². The van der Waals surface area contributed by atoms with E-state index in [0.717, 1.165) is 24.3 Å². The van der Waals surface area contributed by atoms with Crippen LogP contribution in [0.15, 0.2) is 59.2 Å². The van der Waals surface area contributed by atoms with E-state index < -0.39 is 40.7 Å². The lowest BCUT2D eigenvalue weighted by Gasteiger charge is -2.10. The number of hydrogen-bond donors (Lipinski definition) is 3. The molecule has 2 heterocycles. The van der Waals surface area contributed by atoms with Crippen molar-refractivity contribution < 1.29 is 32.2 Å². The highest BCUT2D eigenvalue weighted by Crippen LogP contribution is 2.35. The molecule has 0 unspecified atom stereocenters. The van der Waals surface area contributed by atoms with Crippen LogP contribution in [0, 0.1) is 23.3 Å². The number of nitrogens with one attached hydrogen (secondary N) is 2. The molecule has 3 aromatic carbocycles. The van der Waals surface area contributed by atoms with E-state index in [1.807, 2.05) is 0 Å². The topological polar surface area (TPSA) is 91.0 Å². The smallest absolute Gasteiger partial charge is 0.356 e. The molecule has 3 N–H and O–H groups in total. The van der Waals surface area contributed by atoms with Crippen LogP contribution >= 0.6 is 15.9 Å². The van der Waals surface area contributed by atoms with Gasteiger partial charge in [0.1, 0.15) is 23.2 Å². The van der Waals surface area contributed by atoms with Crippen molar-refractivity contribution in [3.8, 4) is 22.9 Å². The summed E-state index contributed by atoms with van der Waals surface area (Å²) in [5.41, 5.74) is -0.172. The van der Waals surface area contributed by atoms with Gasteiger partial charge in [-0.15, -0.1) is 0 Å². The lowest BCUT2D eigenvalue weighted by atomic mass is 10.1. The highest BCUT2D eigenvalue weighted by atomic mass is 79.9. The number of carboxylic acids is 1. The second kappa shape index (κ2) is 9.15. The molecule has 0 atom stereocenters. The van der Waals surface area contributed by atoms with Gasteiger partial charge >= 0.3 is 5.97 Å². The fourth-order valence-corrected chi connectivity index (χ4v) is 4.20. The number of H-pyrrole nitrogens is 2. The Balaban J connectivity index is 1.53. The summed E-state index contributed by atoms with van der Waals surface area (Å²) in [5.74, 6) is -5.67. The molecule has 0 aliphatic carbocycles. The van der Waals surface area contributed by atoms with Crippen LogP contribution in [0.4, 0.5) is 17.6 Å². The number of nitrogens with zero attached hydrogens (tertiary/aromatic N) is 1. The fourth-order valence-electron chi connectivity index (χ4n) is 3.79. The van der Waals surface area contributed by atoms with Gasteiger partial charge in [0.25, 0.3) is 0 Å². The van der Waals surface area contributed by atoms with Crippen molar-refractivity contribution in [2.45, 2.75) is 6.42 Å². The second-order valence-electron chi connectivity index (χ2n) is 7.79. The number of hydrogen-bond acceptors (Lipinski definition) is 3. The molecular formula is C25H14BrF4N3O3. The first-order valence-electron chi connectivity index (χ1n) is 10.4. The molecule has 0 aliphatic heterocycles. The van der Waals surface area contributed by atoms with Crippen LogP contribution < -0.4 is 4.74 Å². The van der Waals surface area contributed by atoms with Gasteiger partial charge in [0.2, 0.25) is 0 Å². The van der Waals surface area contributed by atoms with Crippen molar-refractivity contribution in [2.24, 2.45) is 0 Å². The van der Waals surface area contributed by atoms with Gasteiger partial charge in [0.15, 0.2) is 23.1 Å². The van der Waals surface area contributed by atoms with E-state index >= 15 is 0 Å². The Morgan fingerprint density at radius 1 is 1.03 bits per heavy atom. The van der Waals surface area contributed by atoms with Crippen LogP contribution in [-0.4, -0.2) is 26.0 Å². The number of aromatic amines is 2. The first-order valence-corrected chi connectivity index (χ1v) is 11.2. The first kappa shape index (κ1) is 23.6. The highest BCUT2D eigenvalue weighted by Gasteiger charge is 2.22. The summed E-state index contributed by atoms with van der Waals surface area (Å²) in [6.45, 7) is 0. The van der Waals surface area contributed by atoms with Gasteiger partial charge in [0.05, 0.1) is 21.2 Å². The highest BCUT2D eigenvalue weighted by molar-refractivity contribution is 9.10. The third kappa shape index (κ3) is 4.22. The lowest BCUT2D eigenvalue weighted by molar-refractivity contribution is 0.0690. The molecule has 2 aromatic heterocycles. The number of carboxylic acid groups (broad SMARTS) is 1. The van der Waals surface area contributed by atoms with Crippen LogP contribution in [0.2, 0.25) is 0 Å². The van der Waals surface area contributed by atoms with Gasteiger partial charge in [-0.2, -0.15) is 0 Å². The zero-order chi connectivity index (χ0) is 25.6. The van der Waals surface area contributed by atoms with Gasteiger partial charge < -0.3 is 19.8 Å². The average molecular weight is 560 g/mol. The molecule has 0 radical (unpaired) electrons. The molecule has 36 heavy (non-hydrogen) atoms. The summed E-state index contributed by atoms with van der Waals surface area (Å²) in [7, 11) is 0. The van der Waals surface area contributed by atoms with E-state index in [2.05, 4.69) is 30.9 Å². The Kier molecular flexibility index (Phi) is 6.00. The van der Waals surface area contributed by atoms with Crippen LogP contribution in [0.1, 0.15) is 21.7 Å². The van der Waals surface area contributed by atoms with Crippen LogP contribution in [-0.2, 0) is 6.42 Å². The van der Waals surface area contributed by atoms with Crippen LogP contribution in [0.25, 0.3) is 22.3 Å². The van der Waals surface area contributed by atoms with Gasteiger partial charge in [-0.25, -0.2) is 27.3 Å². The maximum Gasteiger partial charge on any atom is 0.356 e. The monoisotopic (exact) mass is 559 g/mol. The molecular weight excluding hydrogens is 546 g/mol. The summed E-state index contributed by atoms with van der Waals surface area (Å²) in [5, 5.41) is 9.69. The summed E-state index contributed by atoms with van der Waals surface area (Å²) in [4.78, 5) is 21.2. The largest absolute Gasteiger partial charge is 0.476 e. The molecule has 0 spiro atoms. The minimum atomic E-state index is -1.40. The van der Waals surface area contributed by atoms with E-state index in [4.69, 9.17) is 4.74 Å². The lowest BCUT2D eigenvalue weighted by Crippen LogP contribution is -2.03. The molecule has 5 rings (SSSR count). The number of benzene rings is 3. The zero-order valence-corrected chi connectivity index (χ0v) is 19.6. The molecule has 0 saturated heterocycles. The van der Waals surface area contributed by atoms with Crippen LogP contribution in [0.5, 0.6) is 11.5 Å². The second-order valence-corrected chi connectivity index (χ2v) is 8.65. The zero-order valence-electron chi connectivity index (χ0n) is 18.0. The molecule has 11 heteroatoms. The standard InChI is InChI=1S/C25H14BrF4N3O3/c26-15-3-1-2-11(20(15)29)8-19-22(25(34)35)33-24(32-19)14-9-12(4-5-16(14)27)36-23-17(28)10-18-13(21(23)30)6-7-31-18/h1-7,9-10,31H,8H2,(H,32,33)(H,34,35). The SMILES string of the molecule is O=C(O)c1nc(-c2cc(Oc3c(F)cc4[nH]ccc4c3F)ccc2F)[nH]c1Cc1cccc(Br)c1F. The minimum Gasteiger partial charge on any atom is -0.476 e. The predicted molar refractivity (Wildman–Crippen MR) is 126 cm³/mol. The number of ether oxygens (including phenoxy) is 1. The Bertz CT molecular complexity index is 1650. The maximum atomic E-state index is 14.8. The molecule has 0 saturated carbocycles. The van der Waals surface area contributed by atoms with Crippen molar-refractivity contribution in [1.29, 1.82) is 0 Å². The summed E-state index contributed by atoms with van der Waals surface area (Å²) in [6.07, 6.45) is 1.28. The summed E-state index contributed by atoms with van der Waals surface area (Å²) in [6, 6.07) is 10.3. The molecule has 0 aliphatic rings. The maximum absolute atomic E-state index is 14.8. The van der Waals surface area contributed by atoms with Crippen molar-refractivity contribution in [1.82, 2.24) is 15.0 Å². The van der Waals surface area contributed by atoms with Gasteiger partial charge in [-0.3, -0.25) is 0 Å². The number of aromatic nitrogens is 3. The number of rotatable bonds is 6. The molecule has 182 valence electrons. The molecule has 0 fully saturated rings. The Hall–Kier alpha value is -4.12. The summed E-state index contributed by atoms with van der Waals surface area (Å²) < 4.78 is 64.0. The van der Waals surface area contributed by atoms with Gasteiger partial charge in [-0.1, -0.05) is 12.1 Å². The third-order valence-corrected chi connectivity index (χ3v) is 6.11. The minimum absolute atomic E-state index is 0.0372. The average Bonchev–Trinajstić information content (AvgIpc) is 3.48. The predicted octanol–water partition coefficient (Wildman–Crippen LogP) is 6.96. The quantitative estimate of drug-likeness (QED) is 0.196. The molecule has 6 nitrogen and oxygen atoms in total. The van der Waals surface area contributed by atoms with Crippen molar-refractivity contribution in [3.63, 3.8) is 0 Å². The first-order chi connectivity index (χ1) is 17.2. The van der Waals surface area contributed by atoms with E-state index in [0.29, 0.717) is 0 Å². The van der Waals surface area contributed by atoms with E-state index in [1.54, 1.807) is 6.07 Å².